The van der Waals surface area contributed by atoms with Gasteiger partial charge in [0.15, 0.2) is 0 Å². The molecular formula is C25H31N3O2. The number of hydrogen-bond acceptors (Lipinski definition) is 3. The Kier molecular flexibility index (Phi) is 6.36. The fourth-order valence-corrected chi connectivity index (χ4v) is 4.46. The van der Waals surface area contributed by atoms with E-state index in [9.17, 15) is 9.59 Å². The number of anilines is 2. The largest absolute Gasteiger partial charge is 0.372 e. The highest BCUT2D eigenvalue weighted by Crippen LogP contribution is 2.28. The van der Waals surface area contributed by atoms with Crippen molar-refractivity contribution < 1.29 is 9.59 Å². The molecule has 0 bridgehead atoms. The van der Waals surface area contributed by atoms with Gasteiger partial charge in [0.2, 0.25) is 11.8 Å². The molecule has 4 rings (SSSR count). The fourth-order valence-electron chi connectivity index (χ4n) is 4.46. The summed E-state index contributed by atoms with van der Waals surface area (Å²) in [6.07, 6.45) is 5.54. The highest BCUT2D eigenvalue weighted by atomic mass is 16.2. The van der Waals surface area contributed by atoms with Crippen LogP contribution in [0.15, 0.2) is 48.5 Å². The van der Waals surface area contributed by atoms with Crippen molar-refractivity contribution in [1.29, 1.82) is 0 Å². The topological polar surface area (TPSA) is 52.6 Å². The van der Waals surface area contributed by atoms with E-state index in [1.165, 1.54) is 24.9 Å². The van der Waals surface area contributed by atoms with Gasteiger partial charge in [-0.05, 0) is 61.4 Å². The van der Waals surface area contributed by atoms with Crippen LogP contribution in [0.5, 0.6) is 0 Å². The molecule has 2 aliphatic rings. The lowest BCUT2D eigenvalue weighted by Gasteiger charge is -2.29. The molecule has 1 fully saturated rings. The van der Waals surface area contributed by atoms with E-state index in [1.807, 2.05) is 31.3 Å². The van der Waals surface area contributed by atoms with Crippen LogP contribution >= 0.6 is 0 Å². The van der Waals surface area contributed by atoms with Crippen molar-refractivity contribution >= 4 is 23.2 Å². The number of benzene rings is 2. The van der Waals surface area contributed by atoms with Crippen molar-refractivity contribution in [1.82, 2.24) is 4.90 Å². The predicted molar refractivity (Wildman–Crippen MR) is 120 cm³/mol. The third-order valence-electron chi connectivity index (χ3n) is 6.32. The second kappa shape index (κ2) is 9.33. The van der Waals surface area contributed by atoms with Gasteiger partial charge in [-0.2, -0.15) is 0 Å². The van der Waals surface area contributed by atoms with Crippen LogP contribution in [0, 0.1) is 5.92 Å². The summed E-state index contributed by atoms with van der Waals surface area (Å²) in [7, 11) is 1.84. The molecule has 158 valence electrons. The van der Waals surface area contributed by atoms with E-state index < -0.39 is 0 Å². The van der Waals surface area contributed by atoms with E-state index in [0.29, 0.717) is 25.8 Å². The maximum absolute atomic E-state index is 12.6. The average molecular weight is 406 g/mol. The number of carbonyl (C=O) groups excluding carboxylic acids is 2. The quantitative estimate of drug-likeness (QED) is 0.783. The summed E-state index contributed by atoms with van der Waals surface area (Å²) in [5, 5.41) is 2.97. The van der Waals surface area contributed by atoms with Gasteiger partial charge in [0.05, 0.1) is 0 Å². The van der Waals surface area contributed by atoms with E-state index in [2.05, 4.69) is 34.5 Å². The molecule has 1 atom stereocenters. The first-order valence-electron chi connectivity index (χ1n) is 11.1. The van der Waals surface area contributed by atoms with Gasteiger partial charge < -0.3 is 15.1 Å². The van der Waals surface area contributed by atoms with Crippen LogP contribution in [-0.2, 0) is 22.6 Å². The minimum atomic E-state index is -0.138. The monoisotopic (exact) mass is 405 g/mol. The van der Waals surface area contributed by atoms with Gasteiger partial charge in [-0.1, -0.05) is 30.3 Å². The van der Waals surface area contributed by atoms with E-state index in [1.54, 1.807) is 4.90 Å². The Morgan fingerprint density at radius 2 is 1.80 bits per heavy atom. The van der Waals surface area contributed by atoms with Gasteiger partial charge in [0.25, 0.3) is 0 Å². The number of carbonyl (C=O) groups is 2. The summed E-state index contributed by atoms with van der Waals surface area (Å²) in [6, 6.07) is 16.5. The van der Waals surface area contributed by atoms with Gasteiger partial charge in [-0.3, -0.25) is 9.59 Å². The molecule has 2 aliphatic heterocycles. The summed E-state index contributed by atoms with van der Waals surface area (Å²) in [6.45, 7) is 2.87. The number of nitrogens with zero attached hydrogens (tertiary/aromatic N) is 2. The standard InChI is InChI=1S/C25H31N3O2/c1-27(18-19-9-12-22(13-10-19)28-15-5-2-6-16-28)24(29)14-11-21-17-20-7-3-4-8-23(20)26-25(21)30/h3-4,7-10,12-13,21H,2,5-6,11,14-18H2,1H3,(H,26,30)/t21-/m0/s1. The first kappa shape index (κ1) is 20.5. The normalized spacial score (nSPS) is 18.5. The van der Waals surface area contributed by atoms with E-state index in [4.69, 9.17) is 0 Å². The lowest BCUT2D eigenvalue weighted by Crippen LogP contribution is -2.32. The van der Waals surface area contributed by atoms with Crippen LogP contribution in [0.4, 0.5) is 11.4 Å². The third-order valence-corrected chi connectivity index (χ3v) is 6.32. The molecule has 30 heavy (non-hydrogen) atoms. The SMILES string of the molecule is CN(Cc1ccc(N2CCCCC2)cc1)C(=O)CC[C@H]1Cc2ccccc2NC1=O. The van der Waals surface area contributed by atoms with Crippen molar-refractivity contribution in [2.24, 2.45) is 5.92 Å². The van der Waals surface area contributed by atoms with Crippen molar-refractivity contribution in [2.75, 3.05) is 30.4 Å². The molecule has 1 saturated heterocycles. The van der Waals surface area contributed by atoms with Gasteiger partial charge in [0.1, 0.15) is 0 Å². The highest BCUT2D eigenvalue weighted by Gasteiger charge is 2.26. The molecule has 0 aliphatic carbocycles. The van der Waals surface area contributed by atoms with Crippen molar-refractivity contribution in [3.8, 4) is 0 Å². The summed E-state index contributed by atoms with van der Waals surface area (Å²) in [5.41, 5.74) is 4.46. The first-order valence-corrected chi connectivity index (χ1v) is 11.1. The van der Waals surface area contributed by atoms with E-state index in [0.717, 1.165) is 29.9 Å². The Hall–Kier alpha value is -2.82. The maximum Gasteiger partial charge on any atom is 0.227 e. The Morgan fingerprint density at radius 1 is 1.07 bits per heavy atom. The maximum atomic E-state index is 12.6. The summed E-state index contributed by atoms with van der Waals surface area (Å²) in [5.74, 6) is -0.0275. The Balaban J connectivity index is 1.27. The smallest absolute Gasteiger partial charge is 0.227 e. The number of hydrogen-bond donors (Lipinski definition) is 1. The van der Waals surface area contributed by atoms with Crippen LogP contribution in [0.1, 0.15) is 43.2 Å². The Labute approximate surface area is 179 Å². The Morgan fingerprint density at radius 3 is 2.57 bits per heavy atom. The third kappa shape index (κ3) is 4.84. The molecule has 1 N–H and O–H groups in total. The molecule has 2 amide bonds. The number of para-hydroxylation sites is 1. The van der Waals surface area contributed by atoms with Crippen LogP contribution in [0.25, 0.3) is 0 Å². The molecule has 5 nitrogen and oxygen atoms in total. The second-order valence-electron chi connectivity index (χ2n) is 8.55. The molecule has 0 spiro atoms. The van der Waals surface area contributed by atoms with Crippen LogP contribution in [0.3, 0.4) is 0 Å². The van der Waals surface area contributed by atoms with Gasteiger partial charge in [-0.25, -0.2) is 0 Å². The molecule has 0 radical (unpaired) electrons. The molecule has 2 aromatic rings. The number of fused-ring (bicyclic) bond motifs is 1. The molecule has 0 unspecified atom stereocenters. The highest BCUT2D eigenvalue weighted by molar-refractivity contribution is 5.96. The van der Waals surface area contributed by atoms with E-state index in [-0.39, 0.29) is 17.7 Å². The zero-order chi connectivity index (χ0) is 20.9. The van der Waals surface area contributed by atoms with Crippen molar-refractivity contribution in [3.05, 3.63) is 59.7 Å². The molecule has 5 heteroatoms. The minimum absolute atomic E-state index is 0.0254. The predicted octanol–water partition coefficient (Wildman–Crippen LogP) is 4.23. The number of amides is 2. The minimum Gasteiger partial charge on any atom is -0.372 e. The summed E-state index contributed by atoms with van der Waals surface area (Å²) in [4.78, 5) is 29.2. The Bertz CT molecular complexity index is 888. The summed E-state index contributed by atoms with van der Waals surface area (Å²) >= 11 is 0. The van der Waals surface area contributed by atoms with Crippen molar-refractivity contribution in [2.45, 2.75) is 45.1 Å². The number of nitrogens with one attached hydrogen (secondary N) is 1. The molecule has 2 heterocycles. The number of piperidine rings is 1. The zero-order valence-corrected chi connectivity index (χ0v) is 17.8. The summed E-state index contributed by atoms with van der Waals surface area (Å²) < 4.78 is 0. The van der Waals surface area contributed by atoms with Crippen molar-refractivity contribution in [3.63, 3.8) is 0 Å². The van der Waals surface area contributed by atoms with Gasteiger partial charge in [0, 0.05) is 50.4 Å². The molecule has 0 aromatic heterocycles. The lowest BCUT2D eigenvalue weighted by atomic mass is 9.89. The van der Waals surface area contributed by atoms with Crippen LogP contribution in [-0.4, -0.2) is 36.9 Å². The van der Waals surface area contributed by atoms with Crippen LogP contribution in [0.2, 0.25) is 0 Å². The second-order valence-corrected chi connectivity index (χ2v) is 8.55. The fraction of sp³-hybridized carbons (Fsp3) is 0.440. The van der Waals surface area contributed by atoms with Crippen LogP contribution < -0.4 is 10.2 Å². The average Bonchev–Trinajstić information content (AvgIpc) is 2.78. The first-order chi connectivity index (χ1) is 14.6. The number of rotatable bonds is 6. The molecule has 2 aromatic carbocycles. The van der Waals surface area contributed by atoms with E-state index >= 15 is 0 Å². The van der Waals surface area contributed by atoms with Gasteiger partial charge in [-0.15, -0.1) is 0 Å². The lowest BCUT2D eigenvalue weighted by molar-refractivity contribution is -0.131. The molecular weight excluding hydrogens is 374 g/mol. The molecule has 0 saturated carbocycles. The zero-order valence-electron chi connectivity index (χ0n) is 17.8. The van der Waals surface area contributed by atoms with Gasteiger partial charge >= 0.3 is 0 Å².